The number of carbonyl (C=O) groups excluding carboxylic acids is 1. The van der Waals surface area contributed by atoms with Crippen LogP contribution in [0.15, 0.2) is 42.7 Å². The SMILES string of the molecule is COc1ccc(OC)c(-c2cc(C(=O)NCCNc3cc(-n4nc(C)cc4C)ncn3)n(C)n2)c1. The molecule has 3 aromatic heterocycles. The van der Waals surface area contributed by atoms with E-state index in [4.69, 9.17) is 9.47 Å². The van der Waals surface area contributed by atoms with Crippen LogP contribution >= 0.6 is 0 Å². The minimum atomic E-state index is -0.235. The molecule has 11 heteroatoms. The summed E-state index contributed by atoms with van der Waals surface area (Å²) in [4.78, 5) is 21.3. The van der Waals surface area contributed by atoms with Gasteiger partial charge in [0.2, 0.25) is 0 Å². The topological polar surface area (TPSA) is 121 Å². The molecule has 0 fully saturated rings. The van der Waals surface area contributed by atoms with Gasteiger partial charge in [0.1, 0.15) is 29.3 Å². The molecule has 0 atom stereocenters. The van der Waals surface area contributed by atoms with Crippen LogP contribution in [0.2, 0.25) is 0 Å². The Bertz CT molecular complexity index is 1340. The molecule has 0 spiro atoms. The lowest BCUT2D eigenvalue weighted by Crippen LogP contribution is -2.30. The summed E-state index contributed by atoms with van der Waals surface area (Å²) in [7, 11) is 4.91. The molecule has 1 aromatic carbocycles. The lowest BCUT2D eigenvalue weighted by atomic mass is 10.1. The first-order valence-corrected chi connectivity index (χ1v) is 11.0. The summed E-state index contributed by atoms with van der Waals surface area (Å²) in [6.07, 6.45) is 1.48. The van der Waals surface area contributed by atoms with Gasteiger partial charge in [0.05, 0.1) is 25.6 Å². The third kappa shape index (κ3) is 5.24. The van der Waals surface area contributed by atoms with E-state index in [1.54, 1.807) is 36.7 Å². The summed E-state index contributed by atoms with van der Waals surface area (Å²) in [5.41, 5.74) is 3.69. The number of hydrogen-bond donors (Lipinski definition) is 2. The largest absolute Gasteiger partial charge is 0.497 e. The number of hydrogen-bond acceptors (Lipinski definition) is 8. The summed E-state index contributed by atoms with van der Waals surface area (Å²) >= 11 is 0. The molecule has 2 N–H and O–H groups in total. The van der Waals surface area contributed by atoms with E-state index in [-0.39, 0.29) is 5.91 Å². The fourth-order valence-electron chi connectivity index (χ4n) is 3.70. The lowest BCUT2D eigenvalue weighted by molar-refractivity contribution is 0.0945. The predicted molar refractivity (Wildman–Crippen MR) is 131 cm³/mol. The maximum atomic E-state index is 12.8. The quantitative estimate of drug-likeness (QED) is 0.354. The molecule has 4 aromatic rings. The van der Waals surface area contributed by atoms with Crippen LogP contribution in [-0.4, -0.2) is 62.7 Å². The zero-order valence-electron chi connectivity index (χ0n) is 20.4. The van der Waals surface area contributed by atoms with Gasteiger partial charge in [-0.3, -0.25) is 9.48 Å². The molecule has 182 valence electrons. The zero-order valence-corrected chi connectivity index (χ0v) is 20.4. The summed E-state index contributed by atoms with van der Waals surface area (Å²) in [5, 5.41) is 15.0. The lowest BCUT2D eigenvalue weighted by Gasteiger charge is -2.09. The highest BCUT2D eigenvalue weighted by molar-refractivity contribution is 5.94. The second kappa shape index (κ2) is 10.2. The van der Waals surface area contributed by atoms with E-state index in [2.05, 4.69) is 30.8 Å². The second-order valence-electron chi connectivity index (χ2n) is 7.89. The normalized spacial score (nSPS) is 10.8. The summed E-state index contributed by atoms with van der Waals surface area (Å²) in [6.45, 7) is 4.78. The first-order chi connectivity index (χ1) is 16.9. The molecule has 0 unspecified atom stereocenters. The van der Waals surface area contributed by atoms with Crippen molar-refractivity contribution in [3.63, 3.8) is 0 Å². The van der Waals surface area contributed by atoms with Crippen LogP contribution in [0.25, 0.3) is 17.1 Å². The first-order valence-electron chi connectivity index (χ1n) is 11.0. The Morgan fingerprint density at radius 3 is 2.54 bits per heavy atom. The smallest absolute Gasteiger partial charge is 0.269 e. The van der Waals surface area contributed by atoms with Gasteiger partial charge in [-0.1, -0.05) is 0 Å². The van der Waals surface area contributed by atoms with Crippen molar-refractivity contribution in [2.24, 2.45) is 7.05 Å². The molecule has 0 radical (unpaired) electrons. The Balaban J connectivity index is 1.38. The highest BCUT2D eigenvalue weighted by atomic mass is 16.5. The number of nitrogens with one attached hydrogen (secondary N) is 2. The van der Waals surface area contributed by atoms with Crippen molar-refractivity contribution in [3.8, 4) is 28.6 Å². The molecule has 0 aliphatic carbocycles. The Labute approximate surface area is 203 Å². The molecule has 0 bridgehead atoms. The molecule has 0 aliphatic rings. The van der Waals surface area contributed by atoms with Gasteiger partial charge in [-0.05, 0) is 44.2 Å². The minimum absolute atomic E-state index is 0.235. The first kappa shape index (κ1) is 23.7. The highest BCUT2D eigenvalue weighted by Gasteiger charge is 2.17. The van der Waals surface area contributed by atoms with E-state index in [0.717, 1.165) is 17.0 Å². The number of aromatic nitrogens is 6. The molecule has 1 amide bonds. The Morgan fingerprint density at radius 1 is 1.00 bits per heavy atom. The second-order valence-corrected chi connectivity index (χ2v) is 7.89. The summed E-state index contributed by atoms with van der Waals surface area (Å²) < 4.78 is 14.1. The Kier molecular flexibility index (Phi) is 6.95. The van der Waals surface area contributed by atoms with Crippen molar-refractivity contribution in [2.75, 3.05) is 32.6 Å². The van der Waals surface area contributed by atoms with Gasteiger partial charge in [0.15, 0.2) is 5.82 Å². The molecule has 0 saturated carbocycles. The number of anilines is 1. The van der Waals surface area contributed by atoms with Crippen LogP contribution in [0.4, 0.5) is 5.82 Å². The standard InChI is InChI=1S/C24H28N8O3/c1-15-10-16(2)32(29-15)23-13-22(27-14-28-23)25-8-9-26-24(33)20-12-19(30-31(20)3)18-11-17(34-4)6-7-21(18)35-5/h6-7,10-14H,8-9H2,1-5H3,(H,26,33)(H,25,27,28). The molecule has 35 heavy (non-hydrogen) atoms. The third-order valence-electron chi connectivity index (χ3n) is 5.39. The van der Waals surface area contributed by atoms with Gasteiger partial charge in [-0.15, -0.1) is 0 Å². The van der Waals surface area contributed by atoms with E-state index in [1.165, 1.54) is 6.33 Å². The van der Waals surface area contributed by atoms with Crippen molar-refractivity contribution in [1.29, 1.82) is 0 Å². The van der Waals surface area contributed by atoms with Crippen LogP contribution in [0.5, 0.6) is 11.5 Å². The van der Waals surface area contributed by atoms with E-state index in [9.17, 15) is 4.79 Å². The number of rotatable bonds is 9. The fraction of sp³-hybridized carbons (Fsp3) is 0.292. The number of methoxy groups -OCH3 is 2. The number of carbonyl (C=O) groups is 1. The summed E-state index contributed by atoms with van der Waals surface area (Å²) in [5.74, 6) is 2.40. The van der Waals surface area contributed by atoms with Crippen LogP contribution < -0.4 is 20.1 Å². The third-order valence-corrected chi connectivity index (χ3v) is 5.39. The van der Waals surface area contributed by atoms with Crippen molar-refractivity contribution in [1.82, 2.24) is 34.8 Å². The minimum Gasteiger partial charge on any atom is -0.497 e. The zero-order chi connectivity index (χ0) is 24.9. The van der Waals surface area contributed by atoms with Crippen LogP contribution in [0.3, 0.4) is 0 Å². The number of nitrogens with zero attached hydrogens (tertiary/aromatic N) is 6. The van der Waals surface area contributed by atoms with E-state index in [0.29, 0.717) is 47.6 Å². The molecule has 4 rings (SSSR count). The number of benzene rings is 1. The van der Waals surface area contributed by atoms with Gasteiger partial charge in [-0.2, -0.15) is 10.2 Å². The number of amides is 1. The van der Waals surface area contributed by atoms with Crippen molar-refractivity contribution in [2.45, 2.75) is 13.8 Å². The van der Waals surface area contributed by atoms with Gasteiger partial charge in [0, 0.05) is 37.5 Å². The van der Waals surface area contributed by atoms with Gasteiger partial charge < -0.3 is 20.1 Å². The van der Waals surface area contributed by atoms with E-state index >= 15 is 0 Å². The summed E-state index contributed by atoms with van der Waals surface area (Å²) in [6, 6.07) is 11.0. The predicted octanol–water partition coefficient (Wildman–Crippen LogP) is 2.54. The van der Waals surface area contributed by atoms with E-state index in [1.807, 2.05) is 44.2 Å². The van der Waals surface area contributed by atoms with Crippen LogP contribution in [0.1, 0.15) is 21.9 Å². The molecule has 11 nitrogen and oxygen atoms in total. The average Bonchev–Trinajstić information content (AvgIpc) is 3.42. The Morgan fingerprint density at radius 2 is 1.83 bits per heavy atom. The Hall–Kier alpha value is -4.41. The highest BCUT2D eigenvalue weighted by Crippen LogP contribution is 2.32. The average molecular weight is 477 g/mol. The monoisotopic (exact) mass is 476 g/mol. The van der Waals surface area contributed by atoms with Gasteiger partial charge in [0.25, 0.3) is 5.91 Å². The molecule has 0 saturated heterocycles. The number of ether oxygens (including phenoxy) is 2. The fourth-order valence-corrected chi connectivity index (χ4v) is 3.70. The van der Waals surface area contributed by atoms with Crippen molar-refractivity contribution < 1.29 is 14.3 Å². The molecular formula is C24H28N8O3. The van der Waals surface area contributed by atoms with Crippen molar-refractivity contribution in [3.05, 3.63) is 59.8 Å². The van der Waals surface area contributed by atoms with Crippen LogP contribution in [-0.2, 0) is 7.05 Å². The molecular weight excluding hydrogens is 448 g/mol. The molecule has 3 heterocycles. The van der Waals surface area contributed by atoms with Crippen LogP contribution in [0, 0.1) is 13.8 Å². The maximum Gasteiger partial charge on any atom is 0.269 e. The van der Waals surface area contributed by atoms with E-state index < -0.39 is 0 Å². The van der Waals surface area contributed by atoms with Crippen molar-refractivity contribution >= 4 is 11.7 Å². The van der Waals surface area contributed by atoms with Gasteiger partial charge in [-0.25, -0.2) is 14.6 Å². The molecule has 0 aliphatic heterocycles. The number of aryl methyl sites for hydroxylation is 3. The maximum absolute atomic E-state index is 12.8. The van der Waals surface area contributed by atoms with Gasteiger partial charge >= 0.3 is 0 Å².